The molecule has 1 saturated heterocycles. The third-order valence-electron chi connectivity index (χ3n) is 3.34. The van der Waals surface area contributed by atoms with Gasteiger partial charge in [-0.05, 0) is 25.0 Å². The number of unbranched alkanes of at least 4 members (excludes halogenated alkanes) is 2. The summed E-state index contributed by atoms with van der Waals surface area (Å²) in [6.45, 7) is 0.600. The van der Waals surface area contributed by atoms with Crippen LogP contribution in [0.2, 0.25) is 0 Å². The Bertz CT molecular complexity index is 608. The molecule has 24 heavy (non-hydrogen) atoms. The fraction of sp³-hybridized carbons (Fsp3) is 0.400. The Morgan fingerprint density at radius 1 is 1.25 bits per heavy atom. The Hall–Kier alpha value is -2.00. The maximum atomic E-state index is 11.7. The zero-order chi connectivity index (χ0) is 17.4. The number of pyridine rings is 1. The Kier molecular flexibility index (Phi) is 7.13. The Balaban J connectivity index is 1.56. The predicted octanol–water partition coefficient (Wildman–Crippen LogP) is 1.26. The third-order valence-corrected chi connectivity index (χ3v) is 4.77. The smallest absolute Gasteiger partial charge is 0.288 e. The molecular weight excluding hydrogens is 348 g/mol. The van der Waals surface area contributed by atoms with Crippen LogP contribution >= 0.6 is 24.0 Å². The number of nitrogens with zero attached hydrogens (tertiary/aromatic N) is 2. The van der Waals surface area contributed by atoms with E-state index in [4.69, 9.17) is 12.2 Å². The van der Waals surface area contributed by atoms with Crippen LogP contribution in [-0.4, -0.2) is 44.2 Å². The van der Waals surface area contributed by atoms with Gasteiger partial charge in [0.25, 0.3) is 5.91 Å². The molecule has 1 aromatic rings. The molecule has 2 N–H and O–H groups in total. The zero-order valence-corrected chi connectivity index (χ0v) is 14.6. The van der Waals surface area contributed by atoms with Gasteiger partial charge in [0, 0.05) is 19.2 Å². The first kappa shape index (κ1) is 18.3. The van der Waals surface area contributed by atoms with Gasteiger partial charge in [0.05, 0.1) is 5.75 Å². The molecule has 0 spiro atoms. The second-order valence-corrected chi connectivity index (χ2v) is 6.74. The molecule has 2 rings (SSSR count). The van der Waals surface area contributed by atoms with E-state index in [9.17, 15) is 14.4 Å². The molecule has 0 bridgehead atoms. The number of thioether (sulfide) groups is 1. The number of hydrogen-bond acceptors (Lipinski definition) is 6. The van der Waals surface area contributed by atoms with Crippen LogP contribution in [0.15, 0.2) is 24.4 Å². The zero-order valence-electron chi connectivity index (χ0n) is 13.0. The van der Waals surface area contributed by atoms with Gasteiger partial charge in [-0.2, -0.15) is 0 Å². The molecule has 0 aliphatic carbocycles. The first-order valence-corrected chi connectivity index (χ1v) is 8.94. The number of carbonyl (C=O) groups excluding carboxylic acids is 3. The minimum absolute atomic E-state index is 0.0555. The van der Waals surface area contributed by atoms with E-state index in [2.05, 4.69) is 15.8 Å². The summed E-state index contributed by atoms with van der Waals surface area (Å²) < 4.78 is 0.634. The summed E-state index contributed by atoms with van der Waals surface area (Å²) in [4.78, 5) is 40.4. The fourth-order valence-electron chi connectivity index (χ4n) is 2.08. The summed E-state index contributed by atoms with van der Waals surface area (Å²) in [7, 11) is 0. The normalized spacial score (nSPS) is 13.9. The van der Waals surface area contributed by atoms with Gasteiger partial charge in [-0.3, -0.25) is 35.1 Å². The van der Waals surface area contributed by atoms with Crippen LogP contribution in [0.4, 0.5) is 0 Å². The summed E-state index contributed by atoms with van der Waals surface area (Å²) in [5, 5.41) is 0. The summed E-state index contributed by atoms with van der Waals surface area (Å²) in [6.07, 6.45) is 4.08. The van der Waals surface area contributed by atoms with Crippen molar-refractivity contribution >= 4 is 46.0 Å². The lowest BCUT2D eigenvalue weighted by atomic mass is 10.2. The number of hydrazine groups is 1. The quantitative estimate of drug-likeness (QED) is 0.429. The van der Waals surface area contributed by atoms with Crippen LogP contribution in [0.25, 0.3) is 0 Å². The van der Waals surface area contributed by atoms with Gasteiger partial charge in [0.15, 0.2) is 0 Å². The van der Waals surface area contributed by atoms with Crippen molar-refractivity contribution in [2.24, 2.45) is 0 Å². The molecule has 9 heteroatoms. The average Bonchev–Trinajstić information content (AvgIpc) is 2.92. The molecule has 1 aliphatic rings. The van der Waals surface area contributed by atoms with Crippen molar-refractivity contribution < 1.29 is 14.4 Å². The van der Waals surface area contributed by atoms with E-state index in [-0.39, 0.29) is 17.5 Å². The molecule has 0 saturated carbocycles. The van der Waals surface area contributed by atoms with E-state index >= 15 is 0 Å². The Morgan fingerprint density at radius 3 is 2.75 bits per heavy atom. The van der Waals surface area contributed by atoms with Gasteiger partial charge in [-0.1, -0.05) is 36.5 Å². The molecule has 1 aromatic heterocycles. The number of carbonyl (C=O) groups is 3. The monoisotopic (exact) mass is 366 g/mol. The van der Waals surface area contributed by atoms with E-state index in [0.29, 0.717) is 29.5 Å². The van der Waals surface area contributed by atoms with Crippen molar-refractivity contribution in [2.45, 2.75) is 25.7 Å². The molecular formula is C15H18N4O3S2. The Labute approximate surface area is 149 Å². The minimum Gasteiger partial charge on any atom is -0.297 e. The van der Waals surface area contributed by atoms with Crippen molar-refractivity contribution in [1.82, 2.24) is 20.7 Å². The first-order valence-electron chi connectivity index (χ1n) is 7.55. The molecule has 0 radical (unpaired) electrons. The number of rotatable bonds is 7. The molecule has 0 aromatic carbocycles. The summed E-state index contributed by atoms with van der Waals surface area (Å²) in [5.74, 6) is -0.234. The molecule has 2 heterocycles. The average molecular weight is 366 g/mol. The van der Waals surface area contributed by atoms with Crippen LogP contribution < -0.4 is 10.9 Å². The van der Waals surface area contributed by atoms with E-state index < -0.39 is 5.91 Å². The van der Waals surface area contributed by atoms with Gasteiger partial charge >= 0.3 is 0 Å². The highest BCUT2D eigenvalue weighted by Crippen LogP contribution is 2.19. The molecule has 128 valence electrons. The van der Waals surface area contributed by atoms with Crippen molar-refractivity contribution in [3.63, 3.8) is 0 Å². The van der Waals surface area contributed by atoms with Gasteiger partial charge in [0.1, 0.15) is 10.0 Å². The van der Waals surface area contributed by atoms with E-state index in [1.54, 1.807) is 23.1 Å². The molecule has 1 aliphatic heterocycles. The maximum absolute atomic E-state index is 11.7. The van der Waals surface area contributed by atoms with Crippen molar-refractivity contribution in [1.29, 1.82) is 0 Å². The van der Waals surface area contributed by atoms with Crippen LogP contribution in [-0.2, 0) is 9.59 Å². The van der Waals surface area contributed by atoms with Crippen molar-refractivity contribution in [3.8, 4) is 0 Å². The second kappa shape index (κ2) is 9.33. The van der Waals surface area contributed by atoms with Crippen LogP contribution in [0.3, 0.4) is 0 Å². The fourth-order valence-corrected chi connectivity index (χ4v) is 3.20. The highest BCUT2D eigenvalue weighted by molar-refractivity contribution is 8.23. The van der Waals surface area contributed by atoms with Crippen molar-refractivity contribution in [2.75, 3.05) is 12.3 Å². The number of amides is 3. The first-order chi connectivity index (χ1) is 11.6. The number of aromatic nitrogens is 1. The molecule has 1 fully saturated rings. The summed E-state index contributed by atoms with van der Waals surface area (Å²) in [6, 6.07) is 4.96. The Morgan fingerprint density at radius 2 is 2.08 bits per heavy atom. The number of nitrogens with one attached hydrogen (secondary N) is 2. The lowest BCUT2D eigenvalue weighted by Gasteiger charge is -2.14. The highest BCUT2D eigenvalue weighted by atomic mass is 32.2. The van der Waals surface area contributed by atoms with Crippen LogP contribution in [0.1, 0.15) is 36.2 Å². The predicted molar refractivity (Wildman–Crippen MR) is 95.1 cm³/mol. The SMILES string of the molecule is O=C(CCCCCN1C(=O)CSC1=S)NNC(=O)c1ccccn1. The second-order valence-electron chi connectivity index (χ2n) is 5.13. The largest absolute Gasteiger partial charge is 0.297 e. The topological polar surface area (TPSA) is 91.4 Å². The van der Waals surface area contributed by atoms with Crippen molar-refractivity contribution in [3.05, 3.63) is 30.1 Å². The van der Waals surface area contributed by atoms with Gasteiger partial charge in [0.2, 0.25) is 11.8 Å². The lowest BCUT2D eigenvalue weighted by molar-refractivity contribution is -0.124. The van der Waals surface area contributed by atoms with E-state index in [1.807, 2.05) is 0 Å². The molecule has 0 atom stereocenters. The number of thiocarbonyl (C=S) groups is 1. The van der Waals surface area contributed by atoms with E-state index in [0.717, 1.165) is 12.8 Å². The van der Waals surface area contributed by atoms with Gasteiger partial charge in [-0.15, -0.1) is 0 Å². The van der Waals surface area contributed by atoms with Gasteiger partial charge < -0.3 is 0 Å². The van der Waals surface area contributed by atoms with E-state index in [1.165, 1.54) is 18.0 Å². The number of hydrogen-bond donors (Lipinski definition) is 2. The third kappa shape index (κ3) is 5.57. The highest BCUT2D eigenvalue weighted by Gasteiger charge is 2.25. The lowest BCUT2D eigenvalue weighted by Crippen LogP contribution is -2.41. The van der Waals surface area contributed by atoms with Crippen LogP contribution in [0, 0.1) is 0 Å². The standard InChI is InChI=1S/C15H18N4O3S2/c20-12(17-18-14(22)11-6-3-4-8-16-11)7-2-1-5-9-19-13(21)10-24-15(19)23/h3-4,6,8H,1-2,5,7,9-10H2,(H,17,20)(H,18,22). The molecule has 3 amide bonds. The maximum Gasteiger partial charge on any atom is 0.288 e. The van der Waals surface area contributed by atoms with Crippen LogP contribution in [0.5, 0.6) is 0 Å². The summed E-state index contributed by atoms with van der Waals surface area (Å²) >= 11 is 6.48. The summed E-state index contributed by atoms with van der Waals surface area (Å²) in [5.41, 5.74) is 4.92. The molecule has 0 unspecified atom stereocenters. The molecule has 7 nitrogen and oxygen atoms in total. The minimum atomic E-state index is -0.456. The van der Waals surface area contributed by atoms with Gasteiger partial charge in [-0.25, -0.2) is 0 Å².